The molecule has 0 radical (unpaired) electrons. The number of rotatable bonds is 1. The molecule has 2 heterocycles. The number of hydrogen-bond acceptors (Lipinski definition) is 4. The van der Waals surface area contributed by atoms with E-state index in [9.17, 15) is 4.79 Å². The number of amides is 1. The highest BCUT2D eigenvalue weighted by Crippen LogP contribution is 2.27. The summed E-state index contributed by atoms with van der Waals surface area (Å²) in [6.45, 7) is 4.00. The molecule has 2 aromatic rings. The second kappa shape index (κ2) is 6.37. The number of aliphatic imine (C=N–C) groups is 1. The molecule has 2 N–H and O–H groups in total. The highest BCUT2D eigenvalue weighted by Gasteiger charge is 2.29. The number of benzene rings is 1. The highest BCUT2D eigenvalue weighted by atomic mass is 16.3. The minimum Gasteiger partial charge on any atom is -0.460 e. The molecule has 3 rings (SSSR count). The van der Waals surface area contributed by atoms with E-state index in [1.807, 2.05) is 44.2 Å². The molecule has 0 bridgehead atoms. The van der Waals surface area contributed by atoms with Gasteiger partial charge in [-0.1, -0.05) is 44.2 Å². The van der Waals surface area contributed by atoms with Crippen LogP contribution in [0.25, 0.3) is 0 Å². The number of fused-ring (bicyclic) bond motifs is 1. The summed E-state index contributed by atoms with van der Waals surface area (Å²) < 4.78 is 5.49. The Bertz CT molecular complexity index is 647. The van der Waals surface area contributed by atoms with Crippen molar-refractivity contribution in [2.24, 2.45) is 10.7 Å². The third-order valence-electron chi connectivity index (χ3n) is 3.12. The number of nitrogens with two attached hydrogens (primary N) is 1. The lowest BCUT2D eigenvalue weighted by atomic mass is 10.1. The molecule has 1 amide bonds. The van der Waals surface area contributed by atoms with Gasteiger partial charge in [-0.05, 0) is 0 Å². The number of carbonyl (C=O) groups excluding carboxylic acids is 1. The van der Waals surface area contributed by atoms with E-state index in [0.29, 0.717) is 17.2 Å². The van der Waals surface area contributed by atoms with Crippen LogP contribution in [-0.2, 0) is 4.79 Å². The van der Waals surface area contributed by atoms with Crippen LogP contribution in [0.2, 0.25) is 0 Å². The number of likely N-dealkylation sites (N-methyl/N-ethyl adjacent to an activating group) is 1. The number of furan rings is 1. The predicted octanol–water partition coefficient (Wildman–Crippen LogP) is 2.40. The Morgan fingerprint density at radius 1 is 1.19 bits per heavy atom. The molecule has 1 atom stereocenters. The Balaban J connectivity index is 0.000000774. The lowest BCUT2D eigenvalue weighted by molar-refractivity contribution is -0.119. The van der Waals surface area contributed by atoms with Crippen molar-refractivity contribution in [3.63, 3.8) is 0 Å². The number of nitrogens with zero attached hydrogens (tertiary/aromatic N) is 2. The molecule has 1 unspecified atom stereocenters. The van der Waals surface area contributed by atoms with Gasteiger partial charge in [-0.2, -0.15) is 0 Å². The van der Waals surface area contributed by atoms with Crippen LogP contribution in [0.4, 0.5) is 5.69 Å². The summed E-state index contributed by atoms with van der Waals surface area (Å²) in [6, 6.07) is 11.3. The van der Waals surface area contributed by atoms with E-state index in [2.05, 4.69) is 4.99 Å². The highest BCUT2D eigenvalue weighted by molar-refractivity contribution is 6.18. The normalized spacial score (nSPS) is 17.3. The van der Waals surface area contributed by atoms with E-state index >= 15 is 0 Å². The Hall–Kier alpha value is -2.40. The first kappa shape index (κ1) is 15.0. The van der Waals surface area contributed by atoms with Gasteiger partial charge in [0.15, 0.2) is 11.9 Å². The molecule has 0 aliphatic carbocycles. The maximum Gasteiger partial charge on any atom is 0.266 e. The number of carbonyl (C=O) groups is 1. The minimum absolute atomic E-state index is 0.256. The molecular weight excluding hydrogens is 266 g/mol. The average molecular weight is 285 g/mol. The molecule has 0 spiro atoms. The molecule has 0 saturated heterocycles. The predicted molar refractivity (Wildman–Crippen MR) is 83.5 cm³/mol. The summed E-state index contributed by atoms with van der Waals surface area (Å²) >= 11 is 0. The van der Waals surface area contributed by atoms with Gasteiger partial charge < -0.3 is 15.1 Å². The third kappa shape index (κ3) is 2.73. The van der Waals surface area contributed by atoms with Crippen LogP contribution in [0.15, 0.2) is 52.1 Å². The largest absolute Gasteiger partial charge is 0.460 e. The van der Waals surface area contributed by atoms with Crippen LogP contribution in [0.1, 0.15) is 25.2 Å². The number of hydrogen-bond donors (Lipinski definition) is 1. The molecule has 1 aromatic heterocycles. The second-order valence-corrected chi connectivity index (χ2v) is 4.32. The van der Waals surface area contributed by atoms with E-state index in [-0.39, 0.29) is 5.91 Å². The van der Waals surface area contributed by atoms with E-state index < -0.39 is 6.17 Å². The molecule has 0 saturated carbocycles. The van der Waals surface area contributed by atoms with Crippen LogP contribution >= 0.6 is 0 Å². The quantitative estimate of drug-likeness (QED) is 0.874. The zero-order valence-electron chi connectivity index (χ0n) is 12.4. The van der Waals surface area contributed by atoms with Crippen molar-refractivity contribution in [3.05, 3.63) is 54.0 Å². The number of anilines is 1. The van der Waals surface area contributed by atoms with Gasteiger partial charge in [-0.3, -0.25) is 9.79 Å². The molecule has 110 valence electrons. The van der Waals surface area contributed by atoms with Crippen molar-refractivity contribution in [2.75, 3.05) is 11.9 Å². The second-order valence-electron chi connectivity index (χ2n) is 4.32. The summed E-state index contributed by atoms with van der Waals surface area (Å²) in [5.41, 5.74) is 7.97. The summed E-state index contributed by atoms with van der Waals surface area (Å²) in [5.74, 6) is 0.309. The summed E-state index contributed by atoms with van der Waals surface area (Å²) in [7, 11) is 1.67. The Kier molecular flexibility index (Phi) is 4.55. The first-order valence-electron chi connectivity index (χ1n) is 6.92. The summed E-state index contributed by atoms with van der Waals surface area (Å²) in [5, 5.41) is 0. The Labute approximate surface area is 124 Å². The van der Waals surface area contributed by atoms with Crippen molar-refractivity contribution in [1.29, 1.82) is 0 Å². The van der Waals surface area contributed by atoms with Crippen LogP contribution in [0.5, 0.6) is 0 Å². The Morgan fingerprint density at radius 3 is 2.52 bits per heavy atom. The van der Waals surface area contributed by atoms with Crippen LogP contribution < -0.4 is 10.6 Å². The molecule has 1 aromatic carbocycles. The van der Waals surface area contributed by atoms with Gasteiger partial charge in [-0.15, -0.1) is 0 Å². The zero-order valence-corrected chi connectivity index (χ0v) is 12.4. The van der Waals surface area contributed by atoms with Crippen LogP contribution in [0.3, 0.4) is 0 Å². The van der Waals surface area contributed by atoms with E-state index in [0.717, 1.165) is 5.56 Å². The smallest absolute Gasteiger partial charge is 0.266 e. The zero-order chi connectivity index (χ0) is 15.4. The average Bonchev–Trinajstić information content (AvgIpc) is 3.00. The van der Waals surface area contributed by atoms with Crippen molar-refractivity contribution in [3.8, 4) is 0 Å². The van der Waals surface area contributed by atoms with Gasteiger partial charge in [0, 0.05) is 18.7 Å². The third-order valence-corrected chi connectivity index (χ3v) is 3.12. The van der Waals surface area contributed by atoms with Gasteiger partial charge in [-0.25, -0.2) is 0 Å². The molecule has 1 aliphatic rings. The molecule has 21 heavy (non-hydrogen) atoms. The standard InChI is InChI=1S/C14H13N3O2.C2H6/c1-17-10-7-8-19-12(10)11(16-13(15)14(17)18)9-5-3-2-4-6-9;1-2/h2-8,13H,15H2,1H3;1-2H3. The Morgan fingerprint density at radius 2 is 1.86 bits per heavy atom. The van der Waals surface area contributed by atoms with E-state index in [1.165, 1.54) is 4.90 Å². The maximum absolute atomic E-state index is 12.0. The van der Waals surface area contributed by atoms with Crippen molar-refractivity contribution >= 4 is 17.3 Å². The lowest BCUT2D eigenvalue weighted by Gasteiger charge is -2.15. The molecular formula is C16H19N3O2. The SMILES string of the molecule is CC.CN1C(=O)C(N)N=C(c2ccccc2)c2occc21. The molecule has 1 aliphatic heterocycles. The van der Waals surface area contributed by atoms with Crippen molar-refractivity contribution in [1.82, 2.24) is 0 Å². The van der Waals surface area contributed by atoms with Gasteiger partial charge in [0.1, 0.15) is 5.71 Å². The van der Waals surface area contributed by atoms with Gasteiger partial charge >= 0.3 is 0 Å². The summed E-state index contributed by atoms with van der Waals surface area (Å²) in [4.78, 5) is 17.8. The van der Waals surface area contributed by atoms with E-state index in [1.54, 1.807) is 19.4 Å². The molecule has 5 heteroatoms. The van der Waals surface area contributed by atoms with E-state index in [4.69, 9.17) is 10.2 Å². The first-order chi connectivity index (χ1) is 10.2. The van der Waals surface area contributed by atoms with Gasteiger partial charge in [0.25, 0.3) is 5.91 Å². The fourth-order valence-corrected chi connectivity index (χ4v) is 2.12. The lowest BCUT2D eigenvalue weighted by Crippen LogP contribution is -2.39. The van der Waals surface area contributed by atoms with Gasteiger partial charge in [0.05, 0.1) is 12.0 Å². The maximum atomic E-state index is 12.0. The fourth-order valence-electron chi connectivity index (χ4n) is 2.12. The molecule has 0 fully saturated rings. The van der Waals surface area contributed by atoms with Crippen LogP contribution in [-0.4, -0.2) is 24.8 Å². The van der Waals surface area contributed by atoms with Gasteiger partial charge in [0.2, 0.25) is 0 Å². The summed E-state index contributed by atoms with van der Waals surface area (Å²) in [6.07, 6.45) is 0.631. The fraction of sp³-hybridized carbons (Fsp3) is 0.250. The molecule has 5 nitrogen and oxygen atoms in total. The van der Waals surface area contributed by atoms with Crippen molar-refractivity contribution < 1.29 is 9.21 Å². The minimum atomic E-state index is -0.914. The first-order valence-corrected chi connectivity index (χ1v) is 6.92. The van der Waals surface area contributed by atoms with Crippen LogP contribution in [0, 0.1) is 0 Å². The van der Waals surface area contributed by atoms with Crippen molar-refractivity contribution in [2.45, 2.75) is 20.0 Å². The topological polar surface area (TPSA) is 71.8 Å². The monoisotopic (exact) mass is 285 g/mol.